The minimum Gasteiger partial charge on any atom is -0.396 e. The van der Waals surface area contributed by atoms with Gasteiger partial charge < -0.3 is 10.4 Å². The first-order valence-electron chi connectivity index (χ1n) is 7.65. The lowest BCUT2D eigenvalue weighted by Crippen LogP contribution is -2.29. The molecule has 2 heteroatoms. The Morgan fingerprint density at radius 3 is 2.47 bits per heavy atom. The van der Waals surface area contributed by atoms with Crippen molar-refractivity contribution in [1.29, 1.82) is 0 Å². The smallest absolute Gasteiger partial charge is 0.0434 e. The van der Waals surface area contributed by atoms with Gasteiger partial charge in [0.05, 0.1) is 0 Å². The van der Waals surface area contributed by atoms with Crippen molar-refractivity contribution < 1.29 is 5.11 Å². The summed E-state index contributed by atoms with van der Waals surface area (Å²) in [6.07, 6.45) is 4.75. The molecular formula is C17H27NO. The lowest BCUT2D eigenvalue weighted by Gasteiger charge is -2.22. The van der Waals surface area contributed by atoms with Crippen molar-refractivity contribution in [2.75, 3.05) is 13.2 Å². The van der Waals surface area contributed by atoms with E-state index in [1.165, 1.54) is 24.0 Å². The Labute approximate surface area is 117 Å². The Kier molecular flexibility index (Phi) is 5.41. The highest BCUT2D eigenvalue weighted by Gasteiger charge is 2.32. The van der Waals surface area contributed by atoms with E-state index < -0.39 is 0 Å². The van der Waals surface area contributed by atoms with Crippen LogP contribution >= 0.6 is 0 Å². The standard InChI is InChI=1S/C17H27NO/c1-3-14(10-11-19)12-18-17(16-8-9-16)15-6-4-13(2)5-7-15/h4-7,14,16-19H,3,8-12H2,1-2H3. The van der Waals surface area contributed by atoms with Crippen LogP contribution in [0.25, 0.3) is 0 Å². The summed E-state index contributed by atoms with van der Waals surface area (Å²) in [6, 6.07) is 9.44. The van der Waals surface area contributed by atoms with E-state index in [2.05, 4.69) is 43.4 Å². The first-order chi connectivity index (χ1) is 9.24. The van der Waals surface area contributed by atoms with Crippen LogP contribution in [0.2, 0.25) is 0 Å². The molecule has 2 rings (SSSR count). The van der Waals surface area contributed by atoms with E-state index in [4.69, 9.17) is 5.11 Å². The molecule has 2 unspecified atom stereocenters. The van der Waals surface area contributed by atoms with Gasteiger partial charge in [-0.05, 0) is 50.1 Å². The van der Waals surface area contributed by atoms with E-state index in [9.17, 15) is 0 Å². The SMILES string of the molecule is CCC(CCO)CNC(c1ccc(C)cc1)C1CC1. The number of hydrogen-bond donors (Lipinski definition) is 2. The third kappa shape index (κ3) is 4.32. The Morgan fingerprint density at radius 2 is 1.95 bits per heavy atom. The number of aliphatic hydroxyl groups excluding tert-OH is 1. The number of benzene rings is 1. The first kappa shape index (κ1) is 14.5. The van der Waals surface area contributed by atoms with E-state index >= 15 is 0 Å². The molecule has 0 radical (unpaired) electrons. The number of aliphatic hydroxyl groups is 1. The molecule has 0 spiro atoms. The maximum atomic E-state index is 9.07. The molecule has 1 saturated carbocycles. The van der Waals surface area contributed by atoms with Crippen molar-refractivity contribution in [2.24, 2.45) is 11.8 Å². The number of nitrogens with one attached hydrogen (secondary N) is 1. The van der Waals surface area contributed by atoms with Crippen molar-refractivity contribution in [3.63, 3.8) is 0 Å². The van der Waals surface area contributed by atoms with E-state index in [1.54, 1.807) is 0 Å². The van der Waals surface area contributed by atoms with Crippen LogP contribution in [0.5, 0.6) is 0 Å². The van der Waals surface area contributed by atoms with Crippen LogP contribution in [0.1, 0.15) is 49.8 Å². The van der Waals surface area contributed by atoms with Crippen molar-refractivity contribution in [2.45, 2.75) is 45.6 Å². The third-order valence-corrected chi connectivity index (χ3v) is 4.27. The van der Waals surface area contributed by atoms with Gasteiger partial charge in [0.15, 0.2) is 0 Å². The predicted octanol–water partition coefficient (Wildman–Crippen LogP) is 3.44. The average molecular weight is 261 g/mol. The molecule has 1 fully saturated rings. The van der Waals surface area contributed by atoms with Crippen molar-refractivity contribution >= 4 is 0 Å². The molecule has 2 atom stereocenters. The molecule has 1 aromatic carbocycles. The largest absolute Gasteiger partial charge is 0.396 e. The van der Waals surface area contributed by atoms with Crippen LogP contribution in [0.3, 0.4) is 0 Å². The Hall–Kier alpha value is -0.860. The molecule has 0 aliphatic heterocycles. The van der Waals surface area contributed by atoms with Crippen LogP contribution in [-0.2, 0) is 0 Å². The molecule has 2 N–H and O–H groups in total. The number of aryl methyl sites for hydroxylation is 1. The summed E-state index contributed by atoms with van der Waals surface area (Å²) in [7, 11) is 0. The summed E-state index contributed by atoms with van der Waals surface area (Å²) in [5.74, 6) is 1.41. The zero-order chi connectivity index (χ0) is 13.7. The first-order valence-corrected chi connectivity index (χ1v) is 7.65. The molecule has 1 aliphatic rings. The van der Waals surface area contributed by atoms with Gasteiger partial charge in [0.2, 0.25) is 0 Å². The summed E-state index contributed by atoms with van der Waals surface area (Å²) in [6.45, 7) is 5.67. The van der Waals surface area contributed by atoms with E-state index in [0.717, 1.165) is 25.3 Å². The Balaban J connectivity index is 1.94. The molecule has 1 aromatic rings. The maximum absolute atomic E-state index is 9.07. The summed E-state index contributed by atoms with van der Waals surface area (Å²) >= 11 is 0. The highest BCUT2D eigenvalue weighted by Crippen LogP contribution is 2.41. The van der Waals surface area contributed by atoms with Crippen molar-refractivity contribution in [3.05, 3.63) is 35.4 Å². The van der Waals surface area contributed by atoms with E-state index in [0.29, 0.717) is 18.6 Å². The van der Waals surface area contributed by atoms with Gasteiger partial charge >= 0.3 is 0 Å². The van der Waals surface area contributed by atoms with Gasteiger partial charge in [-0.1, -0.05) is 43.2 Å². The fourth-order valence-corrected chi connectivity index (χ4v) is 2.69. The van der Waals surface area contributed by atoms with Crippen LogP contribution in [0.15, 0.2) is 24.3 Å². The zero-order valence-electron chi connectivity index (χ0n) is 12.2. The number of hydrogen-bond acceptors (Lipinski definition) is 2. The van der Waals surface area contributed by atoms with Gasteiger partial charge in [0.1, 0.15) is 0 Å². The minimum absolute atomic E-state index is 0.304. The fourth-order valence-electron chi connectivity index (χ4n) is 2.69. The molecule has 1 aliphatic carbocycles. The fraction of sp³-hybridized carbons (Fsp3) is 0.647. The summed E-state index contributed by atoms with van der Waals surface area (Å²) in [4.78, 5) is 0. The topological polar surface area (TPSA) is 32.3 Å². The highest BCUT2D eigenvalue weighted by atomic mass is 16.3. The molecule has 106 valence electrons. The number of rotatable bonds is 8. The van der Waals surface area contributed by atoms with Gasteiger partial charge in [0.25, 0.3) is 0 Å². The molecule has 0 aromatic heterocycles. The second-order valence-corrected chi connectivity index (χ2v) is 5.92. The molecule has 0 saturated heterocycles. The molecule has 0 heterocycles. The van der Waals surface area contributed by atoms with Crippen LogP contribution in [-0.4, -0.2) is 18.3 Å². The summed E-state index contributed by atoms with van der Waals surface area (Å²) < 4.78 is 0. The van der Waals surface area contributed by atoms with Crippen LogP contribution < -0.4 is 5.32 Å². The van der Waals surface area contributed by atoms with Crippen LogP contribution in [0.4, 0.5) is 0 Å². The average Bonchev–Trinajstić information content (AvgIpc) is 3.24. The summed E-state index contributed by atoms with van der Waals surface area (Å²) in [5.41, 5.74) is 2.75. The van der Waals surface area contributed by atoms with Crippen LogP contribution in [0, 0.1) is 18.8 Å². The Morgan fingerprint density at radius 1 is 1.26 bits per heavy atom. The lowest BCUT2D eigenvalue weighted by molar-refractivity contribution is 0.247. The maximum Gasteiger partial charge on any atom is 0.0434 e. The van der Waals surface area contributed by atoms with Gasteiger partial charge in [-0.2, -0.15) is 0 Å². The van der Waals surface area contributed by atoms with Gasteiger partial charge in [-0.25, -0.2) is 0 Å². The quantitative estimate of drug-likeness (QED) is 0.751. The van der Waals surface area contributed by atoms with Gasteiger partial charge in [0, 0.05) is 12.6 Å². The van der Waals surface area contributed by atoms with Crippen molar-refractivity contribution in [3.8, 4) is 0 Å². The summed E-state index contributed by atoms with van der Waals surface area (Å²) in [5, 5.41) is 12.8. The van der Waals surface area contributed by atoms with E-state index in [1.807, 2.05) is 0 Å². The highest BCUT2D eigenvalue weighted by molar-refractivity contribution is 5.25. The third-order valence-electron chi connectivity index (χ3n) is 4.27. The predicted molar refractivity (Wildman–Crippen MR) is 80.1 cm³/mol. The van der Waals surface area contributed by atoms with Gasteiger partial charge in [-0.15, -0.1) is 0 Å². The second kappa shape index (κ2) is 7.06. The monoisotopic (exact) mass is 261 g/mol. The lowest BCUT2D eigenvalue weighted by atomic mass is 9.98. The normalized spacial score (nSPS) is 18.3. The molecule has 0 bridgehead atoms. The molecule has 0 amide bonds. The molecular weight excluding hydrogens is 234 g/mol. The van der Waals surface area contributed by atoms with Gasteiger partial charge in [-0.3, -0.25) is 0 Å². The minimum atomic E-state index is 0.304. The second-order valence-electron chi connectivity index (χ2n) is 5.92. The molecule has 19 heavy (non-hydrogen) atoms. The van der Waals surface area contributed by atoms with E-state index in [-0.39, 0.29) is 0 Å². The molecule has 2 nitrogen and oxygen atoms in total. The zero-order valence-corrected chi connectivity index (χ0v) is 12.2. The van der Waals surface area contributed by atoms with Crippen molar-refractivity contribution in [1.82, 2.24) is 5.32 Å². The Bertz CT molecular complexity index is 369.